The molecule has 1 N–H and O–H groups in total. The number of hydrogen-bond acceptors (Lipinski definition) is 3. The van der Waals surface area contributed by atoms with E-state index in [1.54, 1.807) is 24.4 Å². The molecular weight excluding hydrogens is 218 g/mol. The first kappa shape index (κ1) is 11.3. The minimum atomic E-state index is -0.978. The maximum atomic E-state index is 11.1. The number of nitrogens with zero attached hydrogens (tertiary/aromatic N) is 3. The molecule has 88 valence electrons. The van der Waals surface area contributed by atoms with Gasteiger partial charge in [-0.1, -0.05) is 6.07 Å². The first-order chi connectivity index (χ1) is 8.09. The van der Waals surface area contributed by atoms with Crippen LogP contribution >= 0.6 is 0 Å². The fraction of sp³-hybridized carbons (Fsp3) is 0.250. The standard InChI is InChI=1S/C12H13N3O2/c1-8(2)15-11(12(16)17)7-10(14-15)9-5-3-4-6-13-9/h3-8H,1-2H3,(H,16,17). The predicted octanol–water partition coefficient (Wildman–Crippen LogP) is 2.22. The molecule has 0 aliphatic heterocycles. The zero-order valence-electron chi connectivity index (χ0n) is 9.66. The molecule has 0 saturated heterocycles. The lowest BCUT2D eigenvalue weighted by Crippen LogP contribution is -2.11. The van der Waals surface area contributed by atoms with Crippen LogP contribution in [0, 0.1) is 0 Å². The Morgan fingerprint density at radius 2 is 2.12 bits per heavy atom. The number of carboxylic acids is 1. The Bertz CT molecular complexity index is 532. The van der Waals surface area contributed by atoms with E-state index < -0.39 is 5.97 Å². The van der Waals surface area contributed by atoms with Crippen LogP contribution in [0.3, 0.4) is 0 Å². The molecule has 0 atom stereocenters. The Morgan fingerprint density at radius 3 is 2.59 bits per heavy atom. The maximum Gasteiger partial charge on any atom is 0.354 e. The number of carboxylic acid groups (broad SMARTS) is 1. The zero-order chi connectivity index (χ0) is 12.4. The van der Waals surface area contributed by atoms with Crippen molar-refractivity contribution >= 4 is 5.97 Å². The van der Waals surface area contributed by atoms with E-state index in [4.69, 9.17) is 5.11 Å². The fourth-order valence-corrected chi connectivity index (χ4v) is 1.59. The number of pyridine rings is 1. The molecule has 2 heterocycles. The fourth-order valence-electron chi connectivity index (χ4n) is 1.59. The Morgan fingerprint density at radius 1 is 1.35 bits per heavy atom. The molecular formula is C12H13N3O2. The summed E-state index contributed by atoms with van der Waals surface area (Å²) >= 11 is 0. The lowest BCUT2D eigenvalue weighted by atomic mass is 10.2. The van der Waals surface area contributed by atoms with E-state index in [-0.39, 0.29) is 11.7 Å². The molecule has 0 fully saturated rings. The maximum absolute atomic E-state index is 11.1. The average Bonchev–Trinajstić information content (AvgIpc) is 2.75. The van der Waals surface area contributed by atoms with Gasteiger partial charge in [-0.2, -0.15) is 5.10 Å². The van der Waals surface area contributed by atoms with Crippen LogP contribution in [0.15, 0.2) is 30.5 Å². The third kappa shape index (κ3) is 2.18. The number of carbonyl (C=O) groups is 1. The first-order valence-corrected chi connectivity index (χ1v) is 5.34. The van der Waals surface area contributed by atoms with Crippen LogP contribution in [0.25, 0.3) is 11.4 Å². The molecule has 0 aromatic carbocycles. The van der Waals surface area contributed by atoms with E-state index >= 15 is 0 Å². The van der Waals surface area contributed by atoms with E-state index in [9.17, 15) is 4.79 Å². The zero-order valence-corrected chi connectivity index (χ0v) is 9.66. The molecule has 0 radical (unpaired) electrons. The van der Waals surface area contributed by atoms with Gasteiger partial charge in [-0.15, -0.1) is 0 Å². The summed E-state index contributed by atoms with van der Waals surface area (Å²) in [5, 5.41) is 13.4. The topological polar surface area (TPSA) is 68.0 Å². The Balaban J connectivity index is 2.51. The molecule has 0 aliphatic carbocycles. The normalized spacial score (nSPS) is 10.8. The largest absolute Gasteiger partial charge is 0.477 e. The second-order valence-corrected chi connectivity index (χ2v) is 3.97. The minimum absolute atomic E-state index is 0.00133. The highest BCUT2D eigenvalue weighted by molar-refractivity contribution is 5.87. The molecule has 0 saturated carbocycles. The van der Waals surface area contributed by atoms with Crippen molar-refractivity contribution in [2.24, 2.45) is 0 Å². The van der Waals surface area contributed by atoms with Gasteiger partial charge in [0.1, 0.15) is 11.4 Å². The summed E-state index contributed by atoms with van der Waals surface area (Å²) in [5.74, 6) is -0.978. The van der Waals surface area contributed by atoms with E-state index in [2.05, 4.69) is 10.1 Å². The molecule has 5 nitrogen and oxygen atoms in total. The molecule has 0 unspecified atom stereocenters. The quantitative estimate of drug-likeness (QED) is 0.879. The van der Waals surface area contributed by atoms with Crippen LogP contribution < -0.4 is 0 Å². The third-order valence-corrected chi connectivity index (χ3v) is 2.37. The predicted molar refractivity (Wildman–Crippen MR) is 62.8 cm³/mol. The monoisotopic (exact) mass is 231 g/mol. The molecule has 17 heavy (non-hydrogen) atoms. The highest BCUT2D eigenvalue weighted by Gasteiger charge is 2.17. The van der Waals surface area contributed by atoms with Gasteiger partial charge >= 0.3 is 5.97 Å². The van der Waals surface area contributed by atoms with E-state index in [0.717, 1.165) is 0 Å². The van der Waals surface area contributed by atoms with Crippen molar-refractivity contribution in [1.29, 1.82) is 0 Å². The summed E-state index contributed by atoms with van der Waals surface area (Å²) < 4.78 is 1.49. The number of rotatable bonds is 3. The lowest BCUT2D eigenvalue weighted by molar-refractivity contribution is 0.0681. The van der Waals surface area contributed by atoms with Crippen molar-refractivity contribution in [3.8, 4) is 11.4 Å². The first-order valence-electron chi connectivity index (χ1n) is 5.34. The molecule has 5 heteroatoms. The minimum Gasteiger partial charge on any atom is -0.477 e. The van der Waals surface area contributed by atoms with Crippen molar-refractivity contribution in [2.45, 2.75) is 19.9 Å². The van der Waals surface area contributed by atoms with Gasteiger partial charge in [0.05, 0.1) is 5.69 Å². The van der Waals surface area contributed by atoms with Crippen molar-refractivity contribution in [3.63, 3.8) is 0 Å². The average molecular weight is 231 g/mol. The SMILES string of the molecule is CC(C)n1nc(-c2ccccn2)cc1C(=O)O. The van der Waals surface area contributed by atoms with Crippen molar-refractivity contribution in [3.05, 3.63) is 36.2 Å². The lowest BCUT2D eigenvalue weighted by Gasteiger charge is -2.07. The second-order valence-electron chi connectivity index (χ2n) is 3.97. The van der Waals surface area contributed by atoms with Gasteiger partial charge < -0.3 is 5.11 Å². The smallest absolute Gasteiger partial charge is 0.354 e. The Labute approximate surface area is 98.7 Å². The molecule has 2 aromatic heterocycles. The van der Waals surface area contributed by atoms with Gasteiger partial charge in [0.25, 0.3) is 0 Å². The van der Waals surface area contributed by atoms with Gasteiger partial charge in [0.2, 0.25) is 0 Å². The highest BCUT2D eigenvalue weighted by atomic mass is 16.4. The molecule has 2 rings (SSSR count). The number of aromatic nitrogens is 3. The van der Waals surface area contributed by atoms with Crippen molar-refractivity contribution < 1.29 is 9.90 Å². The summed E-state index contributed by atoms with van der Waals surface area (Å²) in [4.78, 5) is 15.2. The summed E-state index contributed by atoms with van der Waals surface area (Å²) in [6, 6.07) is 7.00. The highest BCUT2D eigenvalue weighted by Crippen LogP contribution is 2.19. The van der Waals surface area contributed by atoms with Crippen LogP contribution in [0.4, 0.5) is 0 Å². The van der Waals surface area contributed by atoms with Crippen LogP contribution in [-0.4, -0.2) is 25.8 Å². The van der Waals surface area contributed by atoms with E-state index in [0.29, 0.717) is 11.4 Å². The van der Waals surface area contributed by atoms with Crippen LogP contribution in [0.2, 0.25) is 0 Å². The summed E-state index contributed by atoms with van der Waals surface area (Å²) in [7, 11) is 0. The summed E-state index contributed by atoms with van der Waals surface area (Å²) in [5.41, 5.74) is 1.44. The second kappa shape index (κ2) is 4.37. The molecule has 0 bridgehead atoms. The van der Waals surface area contributed by atoms with Gasteiger partial charge in [0, 0.05) is 18.3 Å². The number of aromatic carboxylic acids is 1. The molecule has 0 amide bonds. The van der Waals surface area contributed by atoms with E-state index in [1.165, 1.54) is 4.68 Å². The van der Waals surface area contributed by atoms with Crippen LogP contribution in [0.1, 0.15) is 30.4 Å². The van der Waals surface area contributed by atoms with Gasteiger partial charge in [-0.05, 0) is 26.0 Å². The van der Waals surface area contributed by atoms with Crippen molar-refractivity contribution in [2.75, 3.05) is 0 Å². The van der Waals surface area contributed by atoms with Gasteiger partial charge in [-0.3, -0.25) is 9.67 Å². The van der Waals surface area contributed by atoms with Gasteiger partial charge in [0.15, 0.2) is 0 Å². The van der Waals surface area contributed by atoms with Crippen LogP contribution in [-0.2, 0) is 0 Å². The third-order valence-electron chi connectivity index (χ3n) is 2.37. The number of hydrogen-bond donors (Lipinski definition) is 1. The van der Waals surface area contributed by atoms with Crippen LogP contribution in [0.5, 0.6) is 0 Å². The summed E-state index contributed by atoms with van der Waals surface area (Å²) in [6.45, 7) is 3.78. The van der Waals surface area contributed by atoms with E-state index in [1.807, 2.05) is 19.9 Å². The molecule has 0 aliphatic rings. The summed E-state index contributed by atoms with van der Waals surface area (Å²) in [6.07, 6.45) is 1.66. The Hall–Kier alpha value is -2.17. The Kier molecular flexibility index (Phi) is 2.91. The molecule has 2 aromatic rings. The van der Waals surface area contributed by atoms with Gasteiger partial charge in [-0.25, -0.2) is 4.79 Å². The molecule has 0 spiro atoms. The van der Waals surface area contributed by atoms with Crippen molar-refractivity contribution in [1.82, 2.24) is 14.8 Å².